The van der Waals surface area contributed by atoms with Gasteiger partial charge in [-0.25, -0.2) is 17.8 Å². The first-order valence-electron chi connectivity index (χ1n) is 10.7. The van der Waals surface area contributed by atoms with Crippen LogP contribution in [0.5, 0.6) is 0 Å². The summed E-state index contributed by atoms with van der Waals surface area (Å²) in [6.45, 7) is 1.29. The highest BCUT2D eigenvalue weighted by Crippen LogP contribution is 2.31. The third-order valence-electron chi connectivity index (χ3n) is 5.52. The molecular weight excluding hydrogens is 449 g/mol. The van der Waals surface area contributed by atoms with E-state index in [1.165, 1.54) is 43.8 Å². The van der Waals surface area contributed by atoms with Crippen molar-refractivity contribution in [2.75, 3.05) is 20.3 Å². The normalized spacial score (nSPS) is 13.9. The fourth-order valence-corrected chi connectivity index (χ4v) is 5.15. The van der Waals surface area contributed by atoms with Crippen molar-refractivity contribution < 1.29 is 26.8 Å². The Morgan fingerprint density at radius 1 is 1.27 bits per heavy atom. The van der Waals surface area contributed by atoms with Gasteiger partial charge in [0.05, 0.1) is 37.1 Å². The molecule has 8 nitrogen and oxygen atoms in total. The number of carbonyl (C=O) groups excluding carboxylic acids is 1. The van der Waals surface area contributed by atoms with E-state index in [0.29, 0.717) is 23.7 Å². The minimum Gasteiger partial charge on any atom is -0.459 e. The number of hydrogen-bond donors (Lipinski definition) is 0. The van der Waals surface area contributed by atoms with Gasteiger partial charge in [-0.15, -0.1) is 0 Å². The Balaban J connectivity index is 1.62. The summed E-state index contributed by atoms with van der Waals surface area (Å²) in [5.74, 6) is -0.323. The Labute approximate surface area is 191 Å². The molecule has 0 radical (unpaired) electrons. The maximum Gasteiger partial charge on any atom is 0.289 e. The van der Waals surface area contributed by atoms with E-state index in [4.69, 9.17) is 9.15 Å². The smallest absolute Gasteiger partial charge is 0.289 e. The zero-order valence-corrected chi connectivity index (χ0v) is 19.1. The number of nitrogens with zero attached hydrogens (tertiary/aromatic N) is 3. The number of halogens is 1. The number of hydrogen-bond acceptors (Lipinski definition) is 6. The summed E-state index contributed by atoms with van der Waals surface area (Å²) in [5, 5.41) is -0.101. The third-order valence-corrected chi connectivity index (χ3v) is 7.11. The molecule has 0 bridgehead atoms. The highest BCUT2D eigenvalue weighted by Gasteiger charge is 2.30. The van der Waals surface area contributed by atoms with Crippen LogP contribution in [0.25, 0.3) is 0 Å². The SMILES string of the molecule is COCCn1c(CN(CC2CC2)C(=O)c2ccco2)cnc1S(=O)(=O)Cc1ccc(F)cc1. The van der Waals surface area contributed by atoms with Crippen molar-refractivity contribution in [1.29, 1.82) is 0 Å². The molecule has 3 aromatic rings. The fraction of sp³-hybridized carbons (Fsp3) is 0.391. The maximum absolute atomic E-state index is 13.2. The fourth-order valence-electron chi connectivity index (χ4n) is 3.64. The van der Waals surface area contributed by atoms with E-state index in [9.17, 15) is 17.6 Å². The molecule has 0 N–H and O–H groups in total. The molecule has 0 atom stereocenters. The van der Waals surface area contributed by atoms with Crippen LogP contribution in [0.4, 0.5) is 4.39 Å². The van der Waals surface area contributed by atoms with Gasteiger partial charge >= 0.3 is 0 Å². The Morgan fingerprint density at radius 3 is 2.67 bits per heavy atom. The molecule has 1 saturated carbocycles. The van der Waals surface area contributed by atoms with E-state index in [1.807, 2.05) is 0 Å². The summed E-state index contributed by atoms with van der Waals surface area (Å²) in [6, 6.07) is 8.60. The van der Waals surface area contributed by atoms with E-state index in [1.54, 1.807) is 21.6 Å². The first-order valence-corrected chi connectivity index (χ1v) is 12.4. The molecule has 0 spiro atoms. The van der Waals surface area contributed by atoms with Crippen molar-refractivity contribution in [1.82, 2.24) is 14.5 Å². The first-order chi connectivity index (χ1) is 15.9. The molecule has 0 aliphatic heterocycles. The molecule has 4 rings (SSSR count). The molecule has 33 heavy (non-hydrogen) atoms. The van der Waals surface area contributed by atoms with Crippen LogP contribution >= 0.6 is 0 Å². The van der Waals surface area contributed by atoms with Crippen molar-refractivity contribution in [2.24, 2.45) is 5.92 Å². The highest BCUT2D eigenvalue weighted by molar-refractivity contribution is 7.90. The van der Waals surface area contributed by atoms with E-state index in [2.05, 4.69) is 4.98 Å². The van der Waals surface area contributed by atoms with Crippen LogP contribution in [0, 0.1) is 11.7 Å². The number of amides is 1. The molecule has 2 heterocycles. The minimum atomic E-state index is -3.82. The second-order valence-corrected chi connectivity index (χ2v) is 10.1. The molecular formula is C23H26FN3O5S. The lowest BCUT2D eigenvalue weighted by Gasteiger charge is -2.22. The van der Waals surface area contributed by atoms with Crippen LogP contribution in [0.2, 0.25) is 0 Å². The second kappa shape index (κ2) is 9.88. The molecule has 1 amide bonds. The van der Waals surface area contributed by atoms with Crippen LogP contribution < -0.4 is 0 Å². The van der Waals surface area contributed by atoms with Crippen molar-refractivity contribution in [3.8, 4) is 0 Å². The lowest BCUT2D eigenvalue weighted by Crippen LogP contribution is -2.33. The number of rotatable bonds is 11. The first kappa shape index (κ1) is 23.2. The zero-order chi connectivity index (χ0) is 23.4. The van der Waals surface area contributed by atoms with Gasteiger partial charge < -0.3 is 18.6 Å². The van der Waals surface area contributed by atoms with Crippen molar-refractivity contribution in [2.45, 2.75) is 36.8 Å². The molecule has 1 fully saturated rings. The van der Waals surface area contributed by atoms with Crippen LogP contribution in [0.3, 0.4) is 0 Å². The van der Waals surface area contributed by atoms with Crippen molar-refractivity contribution in [3.63, 3.8) is 0 Å². The molecule has 10 heteroatoms. The number of benzene rings is 1. The van der Waals surface area contributed by atoms with Crippen LogP contribution in [0.15, 0.2) is 58.4 Å². The highest BCUT2D eigenvalue weighted by atomic mass is 32.2. The van der Waals surface area contributed by atoms with Gasteiger partial charge in [0.1, 0.15) is 5.82 Å². The number of ether oxygens (including phenoxy) is 1. The summed E-state index contributed by atoms with van der Waals surface area (Å²) in [4.78, 5) is 18.9. The van der Waals surface area contributed by atoms with Gasteiger partial charge in [0.15, 0.2) is 5.76 Å². The Kier molecular flexibility index (Phi) is 6.94. The predicted octanol–water partition coefficient (Wildman–Crippen LogP) is 3.29. The summed E-state index contributed by atoms with van der Waals surface area (Å²) in [5.41, 5.74) is 1.05. The van der Waals surface area contributed by atoms with Gasteiger partial charge in [-0.3, -0.25) is 4.79 Å². The maximum atomic E-state index is 13.2. The lowest BCUT2D eigenvalue weighted by molar-refractivity contribution is 0.0697. The molecule has 1 aromatic carbocycles. The van der Waals surface area contributed by atoms with E-state index in [-0.39, 0.29) is 42.3 Å². The van der Waals surface area contributed by atoms with Gasteiger partial charge in [-0.2, -0.15) is 0 Å². The van der Waals surface area contributed by atoms with Crippen LogP contribution in [-0.2, 0) is 33.4 Å². The van der Waals surface area contributed by atoms with Gasteiger partial charge in [0.2, 0.25) is 15.0 Å². The third kappa shape index (κ3) is 5.69. The molecule has 1 aliphatic rings. The average molecular weight is 476 g/mol. The molecule has 0 saturated heterocycles. The number of carbonyl (C=O) groups is 1. The van der Waals surface area contributed by atoms with Crippen molar-refractivity contribution >= 4 is 15.7 Å². The van der Waals surface area contributed by atoms with Gasteiger partial charge in [0.25, 0.3) is 5.91 Å². The number of furan rings is 1. The van der Waals surface area contributed by atoms with E-state index >= 15 is 0 Å². The Morgan fingerprint density at radius 2 is 2.03 bits per heavy atom. The number of sulfone groups is 1. The minimum absolute atomic E-state index is 0.101. The second-order valence-electron chi connectivity index (χ2n) is 8.17. The molecule has 1 aliphatic carbocycles. The van der Waals surface area contributed by atoms with Crippen molar-refractivity contribution in [3.05, 3.63) is 71.7 Å². The summed E-state index contributed by atoms with van der Waals surface area (Å²) in [7, 11) is -2.29. The van der Waals surface area contributed by atoms with Gasteiger partial charge in [-0.1, -0.05) is 12.1 Å². The predicted molar refractivity (Wildman–Crippen MR) is 118 cm³/mol. The number of aromatic nitrogens is 2. The van der Waals surface area contributed by atoms with Gasteiger partial charge in [0, 0.05) is 20.2 Å². The largest absolute Gasteiger partial charge is 0.459 e. The zero-order valence-electron chi connectivity index (χ0n) is 18.3. The summed E-state index contributed by atoms with van der Waals surface area (Å²) >= 11 is 0. The van der Waals surface area contributed by atoms with Crippen LogP contribution in [-0.4, -0.2) is 49.0 Å². The Hall–Kier alpha value is -2.98. The standard InChI is InChI=1S/C23H26FN3O5S/c1-31-12-10-27-20(15-26(14-17-4-5-17)22(28)21-3-2-11-32-21)13-25-23(27)33(29,30)16-18-6-8-19(24)9-7-18/h2-3,6-9,11,13,17H,4-5,10,12,14-16H2,1H3. The van der Waals surface area contributed by atoms with Gasteiger partial charge in [-0.05, 0) is 48.6 Å². The monoisotopic (exact) mass is 475 g/mol. The lowest BCUT2D eigenvalue weighted by atomic mass is 10.2. The quantitative estimate of drug-likeness (QED) is 0.422. The Bertz CT molecular complexity index is 1190. The average Bonchev–Trinajstić information content (AvgIpc) is 3.26. The van der Waals surface area contributed by atoms with E-state index < -0.39 is 15.7 Å². The summed E-state index contributed by atoms with van der Waals surface area (Å²) < 4.78 is 51.6. The topological polar surface area (TPSA) is 94.6 Å². The summed E-state index contributed by atoms with van der Waals surface area (Å²) in [6.07, 6.45) is 5.05. The molecule has 0 unspecified atom stereocenters. The van der Waals surface area contributed by atoms with E-state index in [0.717, 1.165) is 12.8 Å². The number of imidazole rings is 1. The van der Waals surface area contributed by atoms with Crippen LogP contribution in [0.1, 0.15) is 34.7 Å². The molecule has 2 aromatic heterocycles. The molecule has 176 valence electrons. The number of methoxy groups -OCH3 is 1.